The summed E-state index contributed by atoms with van der Waals surface area (Å²) in [4.78, 5) is 2.26. The lowest BCUT2D eigenvalue weighted by atomic mass is 9.89. The molecule has 0 aromatic carbocycles. The Morgan fingerprint density at radius 1 is 1.54 bits per heavy atom. The van der Waals surface area contributed by atoms with Crippen LogP contribution in [0.5, 0.6) is 0 Å². The molecule has 1 rings (SSSR count). The van der Waals surface area contributed by atoms with E-state index in [1.54, 1.807) is 0 Å². The van der Waals surface area contributed by atoms with Crippen molar-refractivity contribution >= 4 is 0 Å². The third-order valence-corrected chi connectivity index (χ3v) is 3.33. The highest BCUT2D eigenvalue weighted by Crippen LogP contribution is 2.25. The van der Waals surface area contributed by atoms with Gasteiger partial charge in [-0.25, -0.2) is 0 Å². The summed E-state index contributed by atoms with van der Waals surface area (Å²) in [6.07, 6.45) is 4.80. The molecule has 0 bridgehead atoms. The maximum atomic E-state index is 9.24. The van der Waals surface area contributed by atoms with Gasteiger partial charge in [-0.2, -0.15) is 0 Å². The summed E-state index contributed by atoms with van der Waals surface area (Å²) in [5.41, 5.74) is 5.94. The van der Waals surface area contributed by atoms with Crippen molar-refractivity contribution in [2.24, 2.45) is 5.73 Å². The molecule has 2 unspecified atom stereocenters. The van der Waals surface area contributed by atoms with Gasteiger partial charge in [0.25, 0.3) is 0 Å². The molecule has 2 atom stereocenters. The van der Waals surface area contributed by atoms with E-state index in [4.69, 9.17) is 5.73 Å². The highest BCUT2D eigenvalue weighted by Gasteiger charge is 2.29. The fourth-order valence-corrected chi connectivity index (χ4v) is 1.90. The molecule has 0 amide bonds. The van der Waals surface area contributed by atoms with E-state index in [9.17, 15) is 5.11 Å². The number of hydrogen-bond donors (Lipinski definition) is 2. The van der Waals surface area contributed by atoms with Crippen molar-refractivity contribution in [2.45, 2.75) is 50.7 Å². The topological polar surface area (TPSA) is 49.5 Å². The summed E-state index contributed by atoms with van der Waals surface area (Å²) in [5.74, 6) is 0. The van der Waals surface area contributed by atoms with Crippen LogP contribution in [0.2, 0.25) is 0 Å². The Kier molecular flexibility index (Phi) is 4.16. The van der Waals surface area contributed by atoms with Gasteiger partial charge in [-0.15, -0.1) is 0 Å². The Bertz CT molecular complexity index is 148. The van der Waals surface area contributed by atoms with E-state index in [1.807, 2.05) is 0 Å². The van der Waals surface area contributed by atoms with Gasteiger partial charge < -0.3 is 10.8 Å². The van der Waals surface area contributed by atoms with Crippen LogP contribution in [0.4, 0.5) is 0 Å². The second kappa shape index (κ2) is 4.94. The molecule has 0 aliphatic heterocycles. The van der Waals surface area contributed by atoms with Gasteiger partial charge in [0.2, 0.25) is 0 Å². The summed E-state index contributed by atoms with van der Waals surface area (Å²) in [7, 11) is 2.08. The molecule has 1 fully saturated rings. The van der Waals surface area contributed by atoms with Crippen LogP contribution >= 0.6 is 0 Å². The molecular formula is C10H22N2O. The Labute approximate surface area is 80.9 Å². The molecule has 0 saturated heterocycles. The first-order valence-corrected chi connectivity index (χ1v) is 5.29. The van der Waals surface area contributed by atoms with E-state index in [-0.39, 0.29) is 18.7 Å². The fourth-order valence-electron chi connectivity index (χ4n) is 1.90. The average molecular weight is 186 g/mol. The van der Waals surface area contributed by atoms with Crippen molar-refractivity contribution in [1.29, 1.82) is 0 Å². The summed E-state index contributed by atoms with van der Waals surface area (Å²) < 4.78 is 0. The van der Waals surface area contributed by atoms with Crippen molar-refractivity contribution in [3.63, 3.8) is 0 Å². The van der Waals surface area contributed by atoms with Gasteiger partial charge in [-0.3, -0.25) is 4.90 Å². The van der Waals surface area contributed by atoms with Gasteiger partial charge in [0.15, 0.2) is 0 Å². The molecule has 78 valence electrons. The van der Waals surface area contributed by atoms with E-state index in [2.05, 4.69) is 18.9 Å². The quantitative estimate of drug-likeness (QED) is 0.660. The van der Waals surface area contributed by atoms with Crippen LogP contribution in [0, 0.1) is 0 Å². The van der Waals surface area contributed by atoms with E-state index in [1.165, 1.54) is 19.3 Å². The first-order chi connectivity index (χ1) is 6.20. The molecule has 0 aromatic rings. The summed E-state index contributed by atoms with van der Waals surface area (Å²) in [6.45, 7) is 2.25. The molecule has 0 radical (unpaired) electrons. The maximum absolute atomic E-state index is 9.24. The number of rotatable bonds is 5. The standard InChI is InChI=1S/C10H22N2O/c1-3-9(11)10(7-13)12(2)8-5-4-6-8/h8-10,13H,3-7,11H2,1-2H3. The van der Waals surface area contributed by atoms with E-state index < -0.39 is 0 Å². The molecule has 0 heterocycles. The van der Waals surface area contributed by atoms with E-state index in [0.29, 0.717) is 6.04 Å². The highest BCUT2D eigenvalue weighted by molar-refractivity contribution is 4.87. The second-order valence-electron chi connectivity index (χ2n) is 4.07. The van der Waals surface area contributed by atoms with Crippen molar-refractivity contribution < 1.29 is 5.11 Å². The molecule has 1 saturated carbocycles. The van der Waals surface area contributed by atoms with Crippen molar-refractivity contribution in [3.8, 4) is 0 Å². The van der Waals surface area contributed by atoms with Crippen LogP contribution in [-0.2, 0) is 0 Å². The lowest BCUT2D eigenvalue weighted by molar-refractivity contribution is 0.0563. The number of nitrogens with two attached hydrogens (primary N) is 1. The molecule has 3 nitrogen and oxygen atoms in total. The smallest absolute Gasteiger partial charge is 0.0601 e. The second-order valence-corrected chi connectivity index (χ2v) is 4.07. The number of aliphatic hydroxyl groups is 1. The van der Waals surface area contributed by atoms with Gasteiger partial charge >= 0.3 is 0 Å². The van der Waals surface area contributed by atoms with Crippen LogP contribution in [0.25, 0.3) is 0 Å². The SMILES string of the molecule is CCC(N)C(CO)N(C)C1CCC1. The minimum atomic E-state index is 0.107. The zero-order chi connectivity index (χ0) is 9.84. The third-order valence-electron chi connectivity index (χ3n) is 3.33. The highest BCUT2D eigenvalue weighted by atomic mass is 16.3. The van der Waals surface area contributed by atoms with Crippen LogP contribution in [0.1, 0.15) is 32.6 Å². The molecule has 1 aliphatic carbocycles. The van der Waals surface area contributed by atoms with Crippen LogP contribution < -0.4 is 5.73 Å². The minimum Gasteiger partial charge on any atom is -0.395 e. The van der Waals surface area contributed by atoms with Gasteiger partial charge in [0.1, 0.15) is 0 Å². The third kappa shape index (κ3) is 2.42. The lowest BCUT2D eigenvalue weighted by Gasteiger charge is -2.41. The molecular weight excluding hydrogens is 164 g/mol. The maximum Gasteiger partial charge on any atom is 0.0601 e. The Morgan fingerprint density at radius 2 is 2.15 bits per heavy atom. The van der Waals surface area contributed by atoms with Crippen molar-refractivity contribution in [2.75, 3.05) is 13.7 Å². The Hall–Kier alpha value is -0.120. The van der Waals surface area contributed by atoms with Crippen molar-refractivity contribution in [3.05, 3.63) is 0 Å². The zero-order valence-electron chi connectivity index (χ0n) is 8.74. The predicted octanol–water partition coefficient (Wildman–Crippen LogP) is 0.569. The first kappa shape index (κ1) is 11.0. The molecule has 3 N–H and O–H groups in total. The Morgan fingerprint density at radius 3 is 2.46 bits per heavy atom. The first-order valence-electron chi connectivity index (χ1n) is 5.29. The number of aliphatic hydroxyl groups excluding tert-OH is 1. The summed E-state index contributed by atoms with van der Waals surface area (Å²) in [5, 5.41) is 9.24. The minimum absolute atomic E-state index is 0.107. The molecule has 3 heteroatoms. The van der Waals surface area contributed by atoms with Gasteiger partial charge in [-0.1, -0.05) is 13.3 Å². The predicted molar refractivity (Wildman–Crippen MR) is 54.5 cm³/mol. The Balaban J connectivity index is 2.43. The average Bonchev–Trinajstić information content (AvgIpc) is 2.02. The molecule has 1 aliphatic rings. The summed E-state index contributed by atoms with van der Waals surface area (Å²) >= 11 is 0. The van der Waals surface area contributed by atoms with E-state index in [0.717, 1.165) is 6.42 Å². The van der Waals surface area contributed by atoms with Crippen molar-refractivity contribution in [1.82, 2.24) is 4.90 Å². The van der Waals surface area contributed by atoms with Gasteiger partial charge in [0, 0.05) is 18.1 Å². The van der Waals surface area contributed by atoms with Crippen LogP contribution in [-0.4, -0.2) is 41.8 Å². The monoisotopic (exact) mass is 186 g/mol. The largest absolute Gasteiger partial charge is 0.395 e. The molecule has 0 spiro atoms. The van der Waals surface area contributed by atoms with E-state index >= 15 is 0 Å². The number of likely N-dealkylation sites (N-methyl/N-ethyl adjacent to an activating group) is 1. The normalized spacial score (nSPS) is 22.8. The summed E-state index contributed by atoms with van der Waals surface area (Å²) in [6, 6.07) is 0.917. The van der Waals surface area contributed by atoms with Crippen LogP contribution in [0.15, 0.2) is 0 Å². The fraction of sp³-hybridized carbons (Fsp3) is 1.00. The number of nitrogens with zero attached hydrogens (tertiary/aromatic N) is 1. The number of hydrogen-bond acceptors (Lipinski definition) is 3. The lowest BCUT2D eigenvalue weighted by Crippen LogP contribution is -2.53. The zero-order valence-corrected chi connectivity index (χ0v) is 8.74. The molecule has 0 aromatic heterocycles. The molecule has 13 heavy (non-hydrogen) atoms. The van der Waals surface area contributed by atoms with Crippen LogP contribution in [0.3, 0.4) is 0 Å². The van der Waals surface area contributed by atoms with Gasteiger partial charge in [0.05, 0.1) is 6.61 Å². The van der Waals surface area contributed by atoms with Gasteiger partial charge in [-0.05, 0) is 26.3 Å².